The first-order chi connectivity index (χ1) is 15.8. The van der Waals surface area contributed by atoms with Crippen molar-refractivity contribution in [2.24, 2.45) is 17.8 Å². The van der Waals surface area contributed by atoms with Crippen LogP contribution in [0.2, 0.25) is 37.3 Å². The number of unbranched alkanes of at least 4 members (excludes halogenated alkanes) is 1. The van der Waals surface area contributed by atoms with Crippen LogP contribution in [0.4, 0.5) is 0 Å². The second-order valence-electron chi connectivity index (χ2n) is 12.5. The van der Waals surface area contributed by atoms with Gasteiger partial charge in [-0.05, 0) is 53.2 Å². The van der Waals surface area contributed by atoms with Gasteiger partial charge in [0.15, 0.2) is 0 Å². The second-order valence-corrected chi connectivity index (χ2v) is 32.4. The first-order valence-corrected chi connectivity index (χ1v) is 27.3. The van der Waals surface area contributed by atoms with Crippen LogP contribution in [0, 0.1) is 32.6 Å². The molecule has 1 aromatic rings. The van der Waals surface area contributed by atoms with E-state index in [2.05, 4.69) is 63.4 Å². The molecule has 3 saturated carbocycles. The number of halogens is 2. The molecule has 35 heavy (non-hydrogen) atoms. The van der Waals surface area contributed by atoms with Crippen LogP contribution in [0.15, 0.2) is 30.3 Å². The van der Waals surface area contributed by atoms with Crippen LogP contribution < -0.4 is 0 Å². The van der Waals surface area contributed by atoms with Gasteiger partial charge >= 0.3 is 37.9 Å². The molecule has 200 valence electrons. The van der Waals surface area contributed by atoms with Gasteiger partial charge in [0.05, 0.1) is 0 Å². The Bertz CT molecular complexity index is 712. The average Bonchev–Trinajstić information content (AvgIpc) is 3.46. The molecular formula is C30H54Cl2Si2Zr. The Hall–Kier alpha value is 1.12. The van der Waals surface area contributed by atoms with Gasteiger partial charge in [-0.15, -0.1) is 0 Å². The van der Waals surface area contributed by atoms with Crippen LogP contribution in [0.3, 0.4) is 0 Å². The Balaban J connectivity index is 0.00000117. The molecule has 6 atom stereocenters. The van der Waals surface area contributed by atoms with Crippen LogP contribution in [0.5, 0.6) is 0 Å². The van der Waals surface area contributed by atoms with Crippen LogP contribution in [-0.4, -0.2) is 15.2 Å². The van der Waals surface area contributed by atoms with E-state index in [0.29, 0.717) is 0 Å². The van der Waals surface area contributed by atoms with Gasteiger partial charge in [0.2, 0.25) is 0 Å². The van der Waals surface area contributed by atoms with Crippen LogP contribution in [0.1, 0.15) is 89.0 Å². The Morgan fingerprint density at radius 3 is 2.11 bits per heavy atom. The molecule has 0 spiro atoms. The van der Waals surface area contributed by atoms with E-state index in [0.717, 1.165) is 34.8 Å². The number of rotatable bonds is 7. The van der Waals surface area contributed by atoms with Gasteiger partial charge in [-0.3, -0.25) is 0 Å². The summed E-state index contributed by atoms with van der Waals surface area (Å²) in [6.07, 6.45) is 16.7. The zero-order valence-electron chi connectivity index (χ0n) is 23.9. The van der Waals surface area contributed by atoms with E-state index in [4.69, 9.17) is 17.0 Å². The van der Waals surface area contributed by atoms with Gasteiger partial charge < -0.3 is 14.9 Å². The molecule has 3 aliphatic carbocycles. The van der Waals surface area contributed by atoms with Gasteiger partial charge in [-0.2, -0.15) is 0 Å². The molecule has 4 rings (SSSR count). The van der Waals surface area contributed by atoms with E-state index in [1.807, 2.05) is 0 Å². The summed E-state index contributed by atoms with van der Waals surface area (Å²) in [5.74, 6) is 3.97. The molecule has 0 N–H and O–H groups in total. The fourth-order valence-corrected chi connectivity index (χ4v) is 22.4. The minimum atomic E-state index is -1.22. The van der Waals surface area contributed by atoms with Crippen LogP contribution in [0.25, 0.3) is 0 Å². The normalized spacial score (nSPS) is 30.1. The molecule has 3 fully saturated rings. The van der Waals surface area contributed by atoms with Crippen molar-refractivity contribution in [1.82, 2.24) is 0 Å². The first kappa shape index (κ1) is 34.1. The summed E-state index contributed by atoms with van der Waals surface area (Å²) in [6, 6.07) is 11.6. The molecule has 0 aromatic heterocycles. The predicted octanol–water partition coefficient (Wildman–Crippen LogP) is 11.5. The van der Waals surface area contributed by atoms with E-state index < -0.39 is 36.0 Å². The maximum absolute atomic E-state index is 4.93. The topological polar surface area (TPSA) is 0 Å². The molecular weight excluding hydrogens is 579 g/mol. The quantitative estimate of drug-likeness (QED) is 0.207. The maximum atomic E-state index is 4.93. The molecule has 0 amide bonds. The van der Waals surface area contributed by atoms with E-state index >= 15 is 0 Å². The molecule has 3 aliphatic rings. The van der Waals surface area contributed by atoms with Crippen molar-refractivity contribution in [3.05, 3.63) is 50.7 Å². The third kappa shape index (κ3) is 7.83. The minimum absolute atomic E-state index is 0. The summed E-state index contributed by atoms with van der Waals surface area (Å²) in [5, 5.41) is 0. The zero-order valence-corrected chi connectivity index (χ0v) is 29.9. The Morgan fingerprint density at radius 1 is 0.829 bits per heavy atom. The predicted molar refractivity (Wildman–Crippen MR) is 163 cm³/mol. The van der Waals surface area contributed by atoms with Crippen molar-refractivity contribution >= 4 is 32.2 Å². The van der Waals surface area contributed by atoms with Gasteiger partial charge in [-0.1, -0.05) is 121 Å². The summed E-state index contributed by atoms with van der Waals surface area (Å²) in [4.78, 5) is 0. The molecule has 6 unspecified atom stereocenters. The number of hydrogen-bond donors (Lipinski definition) is 0. The SMILES string of the molecule is CCCCC1CCC([Si](C)(C)[Si](C)(C)C2CCC3C(c4ccccc4)CCCC32)C1.[CH3-].[CH3-].[Cl][Zr+2][Cl]. The van der Waals surface area contributed by atoms with Crippen LogP contribution in [-0.2, 0) is 20.8 Å². The van der Waals surface area contributed by atoms with Crippen molar-refractivity contribution in [2.45, 2.75) is 121 Å². The van der Waals surface area contributed by atoms with Crippen molar-refractivity contribution in [1.29, 1.82) is 0 Å². The second kappa shape index (κ2) is 15.6. The average molecular weight is 633 g/mol. The van der Waals surface area contributed by atoms with Crippen LogP contribution >= 0.6 is 17.0 Å². The number of benzene rings is 1. The number of hydrogen-bond acceptors (Lipinski definition) is 0. The fourth-order valence-electron chi connectivity index (χ4n) is 8.30. The van der Waals surface area contributed by atoms with E-state index in [-0.39, 0.29) is 14.9 Å². The third-order valence-electron chi connectivity index (χ3n) is 10.8. The van der Waals surface area contributed by atoms with E-state index in [1.54, 1.807) is 37.7 Å². The molecule has 1 aromatic carbocycles. The Morgan fingerprint density at radius 2 is 1.49 bits per heavy atom. The van der Waals surface area contributed by atoms with Gasteiger partial charge in [0.1, 0.15) is 0 Å². The van der Waals surface area contributed by atoms with Gasteiger partial charge in [0.25, 0.3) is 0 Å². The van der Waals surface area contributed by atoms with Crippen molar-refractivity contribution in [3.63, 3.8) is 0 Å². The molecule has 0 bridgehead atoms. The summed E-state index contributed by atoms with van der Waals surface area (Å²) < 4.78 is 0. The Labute approximate surface area is 240 Å². The number of fused-ring (bicyclic) bond motifs is 1. The van der Waals surface area contributed by atoms with Crippen molar-refractivity contribution in [3.8, 4) is 0 Å². The van der Waals surface area contributed by atoms with Crippen molar-refractivity contribution in [2.75, 3.05) is 0 Å². The molecule has 5 heteroatoms. The first-order valence-electron chi connectivity index (χ1n) is 13.8. The molecule has 0 aliphatic heterocycles. The molecule has 0 heterocycles. The monoisotopic (exact) mass is 630 g/mol. The zero-order chi connectivity index (χ0) is 24.1. The third-order valence-corrected chi connectivity index (χ3v) is 31.5. The van der Waals surface area contributed by atoms with Crippen molar-refractivity contribution < 1.29 is 20.8 Å². The summed E-state index contributed by atoms with van der Waals surface area (Å²) in [7, 11) is 7.46. The van der Waals surface area contributed by atoms with Gasteiger partial charge in [0, 0.05) is 15.2 Å². The molecule has 0 radical (unpaired) electrons. The molecule has 0 saturated heterocycles. The fraction of sp³-hybridized carbons (Fsp3) is 0.733. The summed E-state index contributed by atoms with van der Waals surface area (Å²) >= 11 is -0.826. The molecule has 0 nitrogen and oxygen atoms in total. The summed E-state index contributed by atoms with van der Waals surface area (Å²) in [6.45, 7) is 13.8. The van der Waals surface area contributed by atoms with Gasteiger partial charge in [-0.25, -0.2) is 0 Å². The Kier molecular flexibility index (Phi) is 15.3. The summed E-state index contributed by atoms with van der Waals surface area (Å²) in [5.41, 5.74) is 3.90. The van der Waals surface area contributed by atoms with E-state index in [1.165, 1.54) is 38.5 Å². The van der Waals surface area contributed by atoms with E-state index in [9.17, 15) is 0 Å². The standard InChI is InChI=1S/C28H48Si2.2CH3.2ClH.Zr/c1-6-7-12-22-17-18-24(21-22)29(2,3)30(4,5)28-20-19-26-25(15-11-16-27(26)28)23-13-9-8-10-14-23;;;;;/h8-10,13-14,22,24-28H,6-7,11-12,15-21H2,1-5H3;2*1H3;2*1H;/q;2*-1;;;+4/p-2.